The van der Waals surface area contributed by atoms with E-state index in [0.29, 0.717) is 6.42 Å². The number of benzene rings is 1. The minimum atomic E-state index is -4.51. The number of rotatable bonds is 5. The summed E-state index contributed by atoms with van der Waals surface area (Å²) in [7, 11) is 1.12. The molecule has 1 fully saturated rings. The molecule has 9 heteroatoms. The number of amides is 2. The zero-order valence-corrected chi connectivity index (χ0v) is 13.4. The van der Waals surface area contributed by atoms with E-state index in [2.05, 4.69) is 15.4 Å². The average Bonchev–Trinajstić information content (AvgIpc) is 2.99. The van der Waals surface area contributed by atoms with Crippen molar-refractivity contribution in [2.75, 3.05) is 7.11 Å². The van der Waals surface area contributed by atoms with Crippen LogP contribution in [-0.4, -0.2) is 37.0 Å². The predicted octanol–water partition coefficient (Wildman–Crippen LogP) is 1.18. The van der Waals surface area contributed by atoms with Crippen LogP contribution in [-0.2, 0) is 31.7 Å². The molecule has 1 aromatic rings. The van der Waals surface area contributed by atoms with Gasteiger partial charge in [-0.15, -0.1) is 0 Å². The quantitative estimate of drug-likeness (QED) is 0.775. The molecular weight excluding hydrogens is 341 g/mol. The highest BCUT2D eigenvalue weighted by Gasteiger charge is 2.32. The van der Waals surface area contributed by atoms with Crippen LogP contribution in [0, 0.1) is 0 Å². The fourth-order valence-corrected chi connectivity index (χ4v) is 2.53. The topological polar surface area (TPSA) is 84.5 Å². The van der Waals surface area contributed by atoms with Gasteiger partial charge < -0.3 is 15.4 Å². The molecule has 0 unspecified atom stereocenters. The Morgan fingerprint density at radius 1 is 1.40 bits per heavy atom. The second kappa shape index (κ2) is 7.54. The van der Waals surface area contributed by atoms with E-state index in [0.717, 1.165) is 19.2 Å². The molecule has 0 radical (unpaired) electrons. The average molecular weight is 358 g/mol. The molecule has 0 saturated carbocycles. The number of nitrogens with one attached hydrogen (secondary N) is 2. The maximum Gasteiger partial charge on any atom is 0.416 e. The van der Waals surface area contributed by atoms with Crippen molar-refractivity contribution in [1.29, 1.82) is 0 Å². The Balaban J connectivity index is 2.11. The van der Waals surface area contributed by atoms with Crippen LogP contribution in [0.1, 0.15) is 24.0 Å². The summed E-state index contributed by atoms with van der Waals surface area (Å²) in [5, 5.41) is 4.88. The zero-order valence-electron chi connectivity index (χ0n) is 13.4. The first-order valence-corrected chi connectivity index (χ1v) is 7.54. The van der Waals surface area contributed by atoms with Crippen LogP contribution in [0.3, 0.4) is 0 Å². The smallest absolute Gasteiger partial charge is 0.416 e. The van der Waals surface area contributed by atoms with Gasteiger partial charge in [0.1, 0.15) is 12.1 Å². The Hall–Kier alpha value is -2.58. The molecule has 2 amide bonds. The monoisotopic (exact) mass is 358 g/mol. The molecular formula is C16H17F3N2O4. The highest BCUT2D eigenvalue weighted by molar-refractivity contribution is 5.93. The lowest BCUT2D eigenvalue weighted by molar-refractivity contribution is -0.145. The second-order valence-corrected chi connectivity index (χ2v) is 5.65. The second-order valence-electron chi connectivity index (χ2n) is 5.65. The molecule has 0 aromatic heterocycles. The Labute approximate surface area is 141 Å². The van der Waals surface area contributed by atoms with E-state index in [4.69, 9.17) is 0 Å². The number of alkyl halides is 3. The summed E-state index contributed by atoms with van der Waals surface area (Å²) in [6, 6.07) is 2.57. The van der Waals surface area contributed by atoms with Gasteiger partial charge in [0.15, 0.2) is 0 Å². The highest BCUT2D eigenvalue weighted by Crippen LogP contribution is 2.29. The molecule has 0 bridgehead atoms. The number of carbonyl (C=O) groups is 3. The molecule has 2 N–H and O–H groups in total. The number of carbonyl (C=O) groups excluding carboxylic acids is 3. The van der Waals surface area contributed by atoms with Gasteiger partial charge in [0, 0.05) is 12.8 Å². The molecule has 1 aliphatic rings. The molecule has 1 aromatic carbocycles. The highest BCUT2D eigenvalue weighted by atomic mass is 19.4. The van der Waals surface area contributed by atoms with Crippen LogP contribution in [0.25, 0.3) is 0 Å². The minimum Gasteiger partial charge on any atom is -0.467 e. The molecule has 25 heavy (non-hydrogen) atoms. The molecule has 1 saturated heterocycles. The van der Waals surface area contributed by atoms with Crippen LogP contribution in [0.2, 0.25) is 0 Å². The van der Waals surface area contributed by atoms with E-state index in [1.165, 1.54) is 12.1 Å². The van der Waals surface area contributed by atoms with E-state index < -0.39 is 35.7 Å². The number of hydrogen-bond donors (Lipinski definition) is 2. The van der Waals surface area contributed by atoms with Crippen molar-refractivity contribution < 1.29 is 32.3 Å². The predicted molar refractivity (Wildman–Crippen MR) is 80.3 cm³/mol. The number of halogens is 3. The molecule has 0 spiro atoms. The fraction of sp³-hybridized carbons (Fsp3) is 0.438. The Bertz CT molecular complexity index is 676. The lowest BCUT2D eigenvalue weighted by Gasteiger charge is -2.19. The maximum absolute atomic E-state index is 12.8. The standard InChI is InChI=1S/C16H17F3N2O4/c1-25-15(24)12(21-14(23)11-5-6-13(22)20-11)8-9-3-2-4-10(7-9)16(17,18)19/h2-4,7,11-12H,5-6,8H2,1H3,(H,20,22)(H,21,23)/t11-,12+/m1/s1. The molecule has 2 atom stereocenters. The van der Waals surface area contributed by atoms with Gasteiger partial charge in [0.2, 0.25) is 11.8 Å². The van der Waals surface area contributed by atoms with Crippen LogP contribution in [0.4, 0.5) is 13.2 Å². The summed E-state index contributed by atoms with van der Waals surface area (Å²) >= 11 is 0. The van der Waals surface area contributed by atoms with Gasteiger partial charge in [-0.3, -0.25) is 9.59 Å². The largest absolute Gasteiger partial charge is 0.467 e. The molecule has 0 aliphatic carbocycles. The van der Waals surface area contributed by atoms with Gasteiger partial charge in [-0.2, -0.15) is 13.2 Å². The first kappa shape index (κ1) is 18.8. The maximum atomic E-state index is 12.8. The zero-order chi connectivity index (χ0) is 18.6. The summed E-state index contributed by atoms with van der Waals surface area (Å²) in [4.78, 5) is 35.2. The third kappa shape index (κ3) is 4.94. The van der Waals surface area contributed by atoms with Crippen molar-refractivity contribution in [2.24, 2.45) is 0 Å². The van der Waals surface area contributed by atoms with Gasteiger partial charge in [-0.1, -0.05) is 18.2 Å². The normalized spacial score (nSPS) is 18.4. The van der Waals surface area contributed by atoms with Gasteiger partial charge in [-0.25, -0.2) is 4.79 Å². The first-order chi connectivity index (χ1) is 11.7. The molecule has 1 aliphatic heterocycles. The van der Waals surface area contributed by atoms with Crippen molar-refractivity contribution in [3.63, 3.8) is 0 Å². The number of hydrogen-bond acceptors (Lipinski definition) is 4. The van der Waals surface area contributed by atoms with Crippen LogP contribution in [0.5, 0.6) is 0 Å². The number of methoxy groups -OCH3 is 1. The SMILES string of the molecule is COC(=O)[C@H](Cc1cccc(C(F)(F)F)c1)NC(=O)[C@H]1CCC(=O)N1. The van der Waals surface area contributed by atoms with Crippen LogP contribution < -0.4 is 10.6 Å². The van der Waals surface area contributed by atoms with Crippen molar-refractivity contribution in [1.82, 2.24) is 10.6 Å². The van der Waals surface area contributed by atoms with Crippen molar-refractivity contribution in [3.05, 3.63) is 35.4 Å². The summed E-state index contributed by atoms with van der Waals surface area (Å²) < 4.78 is 42.9. The lowest BCUT2D eigenvalue weighted by Crippen LogP contribution is -2.50. The van der Waals surface area contributed by atoms with Crippen molar-refractivity contribution >= 4 is 17.8 Å². The minimum absolute atomic E-state index is 0.164. The van der Waals surface area contributed by atoms with E-state index in [-0.39, 0.29) is 24.3 Å². The van der Waals surface area contributed by atoms with Gasteiger partial charge in [0.05, 0.1) is 12.7 Å². The van der Waals surface area contributed by atoms with Crippen LogP contribution in [0.15, 0.2) is 24.3 Å². The molecule has 6 nitrogen and oxygen atoms in total. The molecule has 2 rings (SSSR count). The third-order valence-electron chi connectivity index (χ3n) is 3.81. The lowest BCUT2D eigenvalue weighted by atomic mass is 10.0. The molecule has 1 heterocycles. The van der Waals surface area contributed by atoms with Crippen molar-refractivity contribution in [2.45, 2.75) is 37.5 Å². The fourth-order valence-electron chi connectivity index (χ4n) is 2.53. The Morgan fingerprint density at radius 2 is 2.12 bits per heavy atom. The van der Waals surface area contributed by atoms with E-state index in [9.17, 15) is 27.6 Å². The van der Waals surface area contributed by atoms with Gasteiger partial charge >= 0.3 is 12.1 Å². The van der Waals surface area contributed by atoms with E-state index >= 15 is 0 Å². The summed E-state index contributed by atoms with van der Waals surface area (Å²) in [6.07, 6.45) is -4.17. The Kier molecular flexibility index (Phi) is 5.66. The first-order valence-electron chi connectivity index (χ1n) is 7.54. The van der Waals surface area contributed by atoms with Gasteiger partial charge in [-0.05, 0) is 18.1 Å². The van der Waals surface area contributed by atoms with Gasteiger partial charge in [0.25, 0.3) is 0 Å². The Morgan fingerprint density at radius 3 is 2.68 bits per heavy atom. The van der Waals surface area contributed by atoms with E-state index in [1.807, 2.05) is 0 Å². The van der Waals surface area contributed by atoms with Crippen molar-refractivity contribution in [3.8, 4) is 0 Å². The summed E-state index contributed by atoms with van der Waals surface area (Å²) in [5.74, 6) is -1.63. The third-order valence-corrected chi connectivity index (χ3v) is 3.81. The van der Waals surface area contributed by atoms with Crippen LogP contribution >= 0.6 is 0 Å². The summed E-state index contributed by atoms with van der Waals surface area (Å²) in [6.45, 7) is 0. The molecule has 136 valence electrons. The summed E-state index contributed by atoms with van der Waals surface area (Å²) in [5.41, 5.74) is -0.621. The van der Waals surface area contributed by atoms with E-state index in [1.54, 1.807) is 0 Å². The number of esters is 1. The number of ether oxygens (including phenoxy) is 1.